The summed E-state index contributed by atoms with van der Waals surface area (Å²) in [6.07, 6.45) is 4.02. The summed E-state index contributed by atoms with van der Waals surface area (Å²) >= 11 is 3.43. The van der Waals surface area contributed by atoms with Crippen LogP contribution in [0.5, 0.6) is 0 Å². The molecule has 0 spiro atoms. The first-order valence-corrected chi connectivity index (χ1v) is 8.66. The third-order valence-electron chi connectivity index (χ3n) is 2.39. The highest BCUT2D eigenvalue weighted by atomic mass is 79.9. The SMILES string of the molecule is CCCC/C(CC)=C(/Br)P(=O)(OCC)OCC. The molecule has 102 valence electrons. The number of hydrogen-bond donors (Lipinski definition) is 0. The zero-order valence-electron chi connectivity index (χ0n) is 11.3. The summed E-state index contributed by atoms with van der Waals surface area (Å²) in [4.78, 5) is 0. The molecule has 0 amide bonds. The number of hydrogen-bond acceptors (Lipinski definition) is 3. The van der Waals surface area contributed by atoms with Crippen molar-refractivity contribution in [1.82, 2.24) is 0 Å². The fourth-order valence-electron chi connectivity index (χ4n) is 1.50. The van der Waals surface area contributed by atoms with Crippen molar-refractivity contribution in [2.75, 3.05) is 13.2 Å². The van der Waals surface area contributed by atoms with E-state index in [2.05, 4.69) is 29.8 Å². The van der Waals surface area contributed by atoms with Gasteiger partial charge in [0.2, 0.25) is 0 Å². The molecule has 0 aliphatic carbocycles. The van der Waals surface area contributed by atoms with Crippen LogP contribution in [0.1, 0.15) is 53.4 Å². The predicted octanol–water partition coefficient (Wildman–Crippen LogP) is 5.46. The van der Waals surface area contributed by atoms with Crippen LogP contribution in [0.4, 0.5) is 0 Å². The Morgan fingerprint density at radius 2 is 1.65 bits per heavy atom. The Bertz CT molecular complexity index is 279. The summed E-state index contributed by atoms with van der Waals surface area (Å²) in [7, 11) is -3.13. The van der Waals surface area contributed by atoms with E-state index in [0.717, 1.165) is 31.3 Å². The summed E-state index contributed by atoms with van der Waals surface area (Å²) in [5.74, 6) is 0. The minimum absolute atomic E-state index is 0.386. The molecule has 0 aromatic carbocycles. The van der Waals surface area contributed by atoms with Crippen LogP contribution < -0.4 is 0 Å². The molecular weight excluding hydrogens is 303 g/mol. The molecule has 0 aliphatic rings. The maximum Gasteiger partial charge on any atom is 0.368 e. The molecule has 17 heavy (non-hydrogen) atoms. The third-order valence-corrected chi connectivity index (χ3v) is 6.25. The second kappa shape index (κ2) is 9.32. The second-order valence-electron chi connectivity index (χ2n) is 3.68. The zero-order chi connectivity index (χ0) is 13.3. The third kappa shape index (κ3) is 5.69. The van der Waals surface area contributed by atoms with Crippen molar-refractivity contribution < 1.29 is 13.6 Å². The molecule has 0 atom stereocenters. The average molecular weight is 327 g/mol. The van der Waals surface area contributed by atoms with Crippen LogP contribution in [0.3, 0.4) is 0 Å². The van der Waals surface area contributed by atoms with Crippen molar-refractivity contribution in [3.05, 3.63) is 9.80 Å². The van der Waals surface area contributed by atoms with Crippen LogP contribution in [0.15, 0.2) is 9.80 Å². The lowest BCUT2D eigenvalue weighted by Gasteiger charge is -2.19. The average Bonchev–Trinajstić information content (AvgIpc) is 2.30. The van der Waals surface area contributed by atoms with E-state index in [9.17, 15) is 4.57 Å². The molecule has 0 radical (unpaired) electrons. The van der Waals surface area contributed by atoms with Crippen molar-refractivity contribution in [2.24, 2.45) is 0 Å². The van der Waals surface area contributed by atoms with Gasteiger partial charge in [-0.25, -0.2) is 0 Å². The van der Waals surface area contributed by atoms with Crippen LogP contribution in [0, 0.1) is 0 Å². The maximum absolute atomic E-state index is 12.5. The number of rotatable bonds is 9. The number of halogens is 1. The van der Waals surface area contributed by atoms with E-state index >= 15 is 0 Å². The van der Waals surface area contributed by atoms with Crippen LogP contribution in [-0.2, 0) is 13.6 Å². The van der Waals surface area contributed by atoms with E-state index in [0.29, 0.717) is 17.4 Å². The van der Waals surface area contributed by atoms with Crippen LogP contribution in [0.25, 0.3) is 0 Å². The summed E-state index contributed by atoms with van der Waals surface area (Å²) in [5.41, 5.74) is 1.14. The van der Waals surface area contributed by atoms with Gasteiger partial charge in [0.05, 0.1) is 13.2 Å². The van der Waals surface area contributed by atoms with Crippen molar-refractivity contribution in [3.8, 4) is 0 Å². The Labute approximate surface area is 114 Å². The first-order valence-electron chi connectivity index (χ1n) is 6.32. The van der Waals surface area contributed by atoms with Gasteiger partial charge in [-0.3, -0.25) is 4.57 Å². The van der Waals surface area contributed by atoms with Gasteiger partial charge >= 0.3 is 7.60 Å². The first-order chi connectivity index (χ1) is 8.05. The van der Waals surface area contributed by atoms with Crippen LogP contribution in [0.2, 0.25) is 0 Å². The predicted molar refractivity (Wildman–Crippen MR) is 76.6 cm³/mol. The fraction of sp³-hybridized carbons (Fsp3) is 0.833. The molecule has 5 heteroatoms. The van der Waals surface area contributed by atoms with Gasteiger partial charge in [-0.15, -0.1) is 0 Å². The molecule has 0 N–H and O–H groups in total. The number of allylic oxidation sites excluding steroid dienone is 1. The molecule has 3 nitrogen and oxygen atoms in total. The maximum atomic E-state index is 12.5. The monoisotopic (exact) mass is 326 g/mol. The highest BCUT2D eigenvalue weighted by Crippen LogP contribution is 2.60. The molecule has 0 aromatic heterocycles. The van der Waals surface area contributed by atoms with Gasteiger partial charge in [-0.2, -0.15) is 0 Å². The first kappa shape index (κ1) is 17.4. The lowest BCUT2D eigenvalue weighted by atomic mass is 10.1. The van der Waals surface area contributed by atoms with Crippen molar-refractivity contribution in [1.29, 1.82) is 0 Å². The number of unbranched alkanes of at least 4 members (excludes halogenated alkanes) is 1. The Balaban J connectivity index is 5.04. The molecule has 0 saturated carbocycles. The molecule has 0 bridgehead atoms. The summed E-state index contributed by atoms with van der Waals surface area (Å²) in [5, 5.41) is 0. The summed E-state index contributed by atoms with van der Waals surface area (Å²) in [6.45, 7) is 8.63. The highest BCUT2D eigenvalue weighted by molar-refractivity contribution is 9.13. The van der Waals surface area contributed by atoms with Crippen molar-refractivity contribution >= 4 is 23.5 Å². The Morgan fingerprint density at radius 3 is 2.00 bits per heavy atom. The molecule has 0 aromatic rings. The van der Waals surface area contributed by atoms with E-state index in [1.807, 2.05) is 13.8 Å². The van der Waals surface area contributed by atoms with E-state index < -0.39 is 7.60 Å². The second-order valence-corrected chi connectivity index (χ2v) is 7.05. The van der Waals surface area contributed by atoms with Crippen molar-refractivity contribution in [3.63, 3.8) is 0 Å². The fourth-order valence-corrected chi connectivity index (χ4v) is 4.23. The van der Waals surface area contributed by atoms with Crippen LogP contribution in [-0.4, -0.2) is 13.2 Å². The van der Waals surface area contributed by atoms with Crippen molar-refractivity contribution in [2.45, 2.75) is 53.4 Å². The topological polar surface area (TPSA) is 35.5 Å². The molecular formula is C12H24BrO3P. The van der Waals surface area contributed by atoms with E-state index in [1.165, 1.54) is 0 Å². The van der Waals surface area contributed by atoms with Gasteiger partial charge in [0.25, 0.3) is 0 Å². The van der Waals surface area contributed by atoms with Gasteiger partial charge < -0.3 is 9.05 Å². The van der Waals surface area contributed by atoms with E-state index in [4.69, 9.17) is 9.05 Å². The van der Waals surface area contributed by atoms with Gasteiger partial charge in [0.1, 0.15) is 4.22 Å². The van der Waals surface area contributed by atoms with Gasteiger partial charge in [0, 0.05) is 0 Å². The zero-order valence-corrected chi connectivity index (χ0v) is 13.8. The summed E-state index contributed by atoms with van der Waals surface area (Å²) < 4.78 is 23.8. The minimum atomic E-state index is -3.13. The lowest BCUT2D eigenvalue weighted by molar-refractivity contribution is 0.228. The lowest BCUT2D eigenvalue weighted by Crippen LogP contribution is -1.98. The highest BCUT2D eigenvalue weighted by Gasteiger charge is 2.29. The quantitative estimate of drug-likeness (QED) is 0.528. The minimum Gasteiger partial charge on any atom is -0.305 e. The normalized spacial score (nSPS) is 13.7. The van der Waals surface area contributed by atoms with E-state index in [1.54, 1.807) is 0 Å². The smallest absolute Gasteiger partial charge is 0.305 e. The Kier molecular flexibility index (Phi) is 9.52. The largest absolute Gasteiger partial charge is 0.368 e. The molecule has 0 saturated heterocycles. The van der Waals surface area contributed by atoms with Gasteiger partial charge in [-0.1, -0.05) is 20.3 Å². The van der Waals surface area contributed by atoms with Gasteiger partial charge in [0.15, 0.2) is 0 Å². The van der Waals surface area contributed by atoms with Crippen LogP contribution >= 0.6 is 23.5 Å². The van der Waals surface area contributed by atoms with Gasteiger partial charge in [-0.05, 0) is 54.6 Å². The Hall–Kier alpha value is 0.370. The Morgan fingerprint density at radius 1 is 1.12 bits per heavy atom. The molecule has 0 rings (SSSR count). The standard InChI is InChI=1S/C12H24BrO3P/c1-5-9-10-11(6-2)12(13)17(14,15-7-3)16-8-4/h5-10H2,1-4H3/b12-11-. The van der Waals surface area contributed by atoms with E-state index in [-0.39, 0.29) is 0 Å². The molecule has 0 aliphatic heterocycles. The molecule has 0 heterocycles. The molecule has 0 unspecified atom stereocenters. The molecule has 0 fully saturated rings. The summed E-state index contributed by atoms with van der Waals surface area (Å²) in [6, 6.07) is 0.